The van der Waals surface area contributed by atoms with E-state index in [0.29, 0.717) is 38.8 Å². The van der Waals surface area contributed by atoms with E-state index in [0.717, 1.165) is 18.7 Å². The Morgan fingerprint density at radius 3 is 2.88 bits per heavy atom. The van der Waals surface area contributed by atoms with Gasteiger partial charge < -0.3 is 19.5 Å². The third kappa shape index (κ3) is 6.90. The van der Waals surface area contributed by atoms with Crippen molar-refractivity contribution in [3.8, 4) is 5.75 Å². The summed E-state index contributed by atoms with van der Waals surface area (Å²) in [4.78, 5) is 18.9. The quantitative estimate of drug-likeness (QED) is 0.359. The maximum absolute atomic E-state index is 13.5. The molecule has 1 saturated carbocycles. The summed E-state index contributed by atoms with van der Waals surface area (Å²) in [6, 6.07) is 11.8. The van der Waals surface area contributed by atoms with Crippen LogP contribution in [-0.4, -0.2) is 72.9 Å². The molecule has 1 fully saturated rings. The fraction of sp³-hybridized carbons (Fsp3) is 0.500. The molecule has 1 aliphatic heterocycles. The minimum atomic E-state index is -0.626. The van der Waals surface area contributed by atoms with Crippen molar-refractivity contribution in [3.05, 3.63) is 64.9 Å². The van der Waals surface area contributed by atoms with Gasteiger partial charge in [0.05, 0.1) is 31.9 Å². The molecule has 1 N–H and O–H groups in total. The topological polar surface area (TPSA) is 62.2 Å². The third-order valence-corrected chi connectivity index (χ3v) is 7.15. The highest BCUT2D eigenvalue weighted by Crippen LogP contribution is 2.34. The van der Waals surface area contributed by atoms with E-state index in [-0.39, 0.29) is 18.6 Å². The van der Waals surface area contributed by atoms with Gasteiger partial charge in [-0.25, -0.2) is 0 Å². The van der Waals surface area contributed by atoms with Crippen molar-refractivity contribution in [2.75, 3.05) is 46.0 Å². The first-order chi connectivity index (χ1) is 16.1. The Bertz CT molecular complexity index is 899. The second kappa shape index (κ2) is 11.8. The number of para-hydroxylation sites is 1. The third-order valence-electron chi connectivity index (χ3n) is 6.15. The van der Waals surface area contributed by atoms with Crippen molar-refractivity contribution in [1.29, 1.82) is 0 Å². The number of carbonyl (C=O) groups excluding carboxylic acids is 1. The van der Waals surface area contributed by atoms with Crippen LogP contribution in [-0.2, 0) is 16.0 Å². The molecule has 2 atom stereocenters. The summed E-state index contributed by atoms with van der Waals surface area (Å²) in [5.41, 5.74) is 1.20. The van der Waals surface area contributed by atoms with Crippen molar-refractivity contribution in [3.63, 3.8) is 0 Å². The Kier molecular flexibility index (Phi) is 8.56. The lowest BCUT2D eigenvalue weighted by molar-refractivity contribution is -0.136. The van der Waals surface area contributed by atoms with Crippen molar-refractivity contribution in [2.45, 2.75) is 31.4 Å². The van der Waals surface area contributed by atoms with Crippen LogP contribution >= 0.6 is 11.3 Å². The van der Waals surface area contributed by atoms with Crippen LogP contribution in [0.4, 0.5) is 0 Å². The Hall–Kier alpha value is -2.19. The maximum atomic E-state index is 13.5. The normalized spacial score (nSPS) is 18.7. The minimum Gasteiger partial charge on any atom is -0.491 e. The summed E-state index contributed by atoms with van der Waals surface area (Å²) in [5, 5.41) is 12.5. The predicted molar refractivity (Wildman–Crippen MR) is 131 cm³/mol. The highest BCUT2D eigenvalue weighted by atomic mass is 32.1. The molecule has 0 bridgehead atoms. The van der Waals surface area contributed by atoms with Gasteiger partial charge in [-0.3, -0.25) is 9.69 Å². The van der Waals surface area contributed by atoms with Gasteiger partial charge in [0.15, 0.2) is 0 Å². The monoisotopic (exact) mass is 470 g/mol. The number of carbonyl (C=O) groups is 1. The van der Waals surface area contributed by atoms with Gasteiger partial charge in [-0.1, -0.05) is 24.3 Å². The Morgan fingerprint density at radius 1 is 1.30 bits per heavy atom. The zero-order valence-electron chi connectivity index (χ0n) is 19.1. The van der Waals surface area contributed by atoms with Crippen LogP contribution in [0.1, 0.15) is 29.3 Å². The smallest absolute Gasteiger partial charge is 0.237 e. The van der Waals surface area contributed by atoms with E-state index in [1.54, 1.807) is 17.4 Å². The number of benzene rings is 1. The number of amides is 1. The molecule has 1 aromatic heterocycles. The first-order valence-electron chi connectivity index (χ1n) is 11.8. The number of hydrogen-bond acceptors (Lipinski definition) is 6. The van der Waals surface area contributed by atoms with Crippen LogP contribution in [0.25, 0.3) is 0 Å². The lowest BCUT2D eigenvalue weighted by Gasteiger charge is -2.37. The first-order valence-corrected chi connectivity index (χ1v) is 12.6. The fourth-order valence-electron chi connectivity index (χ4n) is 4.36. The van der Waals surface area contributed by atoms with Gasteiger partial charge in [0.2, 0.25) is 5.91 Å². The Labute approximate surface area is 200 Å². The molecule has 6 nitrogen and oxygen atoms in total. The van der Waals surface area contributed by atoms with E-state index in [2.05, 4.69) is 22.9 Å². The summed E-state index contributed by atoms with van der Waals surface area (Å²) in [6.45, 7) is 6.99. The van der Waals surface area contributed by atoms with Gasteiger partial charge in [-0.2, -0.15) is 0 Å². The van der Waals surface area contributed by atoms with Crippen LogP contribution in [0, 0.1) is 5.92 Å². The molecule has 33 heavy (non-hydrogen) atoms. The average Bonchev–Trinajstić information content (AvgIpc) is 3.50. The van der Waals surface area contributed by atoms with Gasteiger partial charge in [0.1, 0.15) is 12.4 Å². The van der Waals surface area contributed by atoms with Crippen molar-refractivity contribution in [2.24, 2.45) is 5.92 Å². The van der Waals surface area contributed by atoms with E-state index >= 15 is 0 Å². The second-order valence-electron chi connectivity index (χ2n) is 8.89. The molecule has 2 aliphatic rings. The van der Waals surface area contributed by atoms with Crippen molar-refractivity contribution in [1.82, 2.24) is 9.80 Å². The van der Waals surface area contributed by atoms with Crippen molar-refractivity contribution < 1.29 is 19.4 Å². The minimum absolute atomic E-state index is 0.0911. The molecular weight excluding hydrogens is 436 g/mol. The van der Waals surface area contributed by atoms with Crippen LogP contribution in [0.3, 0.4) is 0 Å². The summed E-state index contributed by atoms with van der Waals surface area (Å²) in [6.07, 6.45) is 4.32. The van der Waals surface area contributed by atoms with E-state index in [1.807, 2.05) is 35.2 Å². The zero-order chi connectivity index (χ0) is 23.0. The highest BCUT2D eigenvalue weighted by molar-refractivity contribution is 7.10. The predicted octanol–water partition coefficient (Wildman–Crippen LogP) is 3.53. The number of rotatable bonds is 13. The summed E-state index contributed by atoms with van der Waals surface area (Å²) in [7, 11) is 0. The van der Waals surface area contributed by atoms with Crippen LogP contribution < -0.4 is 4.74 Å². The molecule has 0 spiro atoms. The van der Waals surface area contributed by atoms with Gasteiger partial charge in [0, 0.05) is 24.5 Å². The van der Waals surface area contributed by atoms with Crippen LogP contribution in [0.5, 0.6) is 5.75 Å². The summed E-state index contributed by atoms with van der Waals surface area (Å²) < 4.78 is 11.5. The molecule has 1 aliphatic carbocycles. The first kappa shape index (κ1) is 24.0. The van der Waals surface area contributed by atoms with Crippen LogP contribution in [0.15, 0.2) is 54.4 Å². The molecular formula is C26H34N2O4S. The van der Waals surface area contributed by atoms with E-state index in [9.17, 15) is 9.90 Å². The molecule has 0 saturated heterocycles. The number of nitrogens with zero attached hydrogens (tertiary/aromatic N) is 2. The summed E-state index contributed by atoms with van der Waals surface area (Å²) in [5.74, 6) is 1.53. The molecule has 2 unspecified atom stereocenters. The number of ether oxygens (including phenoxy) is 2. The van der Waals surface area contributed by atoms with E-state index < -0.39 is 6.10 Å². The number of fused-ring (bicyclic) bond motifs is 1. The molecule has 2 aromatic rings. The van der Waals surface area contributed by atoms with Crippen LogP contribution in [0.2, 0.25) is 0 Å². The van der Waals surface area contributed by atoms with E-state index in [1.165, 1.54) is 23.3 Å². The molecule has 2 heterocycles. The Balaban J connectivity index is 1.41. The zero-order valence-corrected chi connectivity index (χ0v) is 19.9. The number of aliphatic hydroxyl groups is 1. The standard InChI is InChI=1S/C26H34N2O4S/c1-2-13-31-18-21(29)16-27(15-20-8-9-20)17-26(30)28-12-10-25-23(11-14-33-25)24(28)19-32-22-6-4-3-5-7-22/h2-7,11,14,20-21,24,29H,1,8-10,12-13,15-19H2. The maximum Gasteiger partial charge on any atom is 0.237 e. The SMILES string of the molecule is C=CCOCC(O)CN(CC(=O)N1CCc2sccc2C1COc1ccccc1)CC1CC1. The second-order valence-corrected chi connectivity index (χ2v) is 9.89. The van der Waals surface area contributed by atoms with Gasteiger partial charge in [-0.05, 0) is 54.3 Å². The molecule has 1 amide bonds. The summed E-state index contributed by atoms with van der Waals surface area (Å²) >= 11 is 1.76. The Morgan fingerprint density at radius 2 is 2.12 bits per heavy atom. The molecule has 4 rings (SSSR count). The van der Waals surface area contributed by atoms with Gasteiger partial charge in [0.25, 0.3) is 0 Å². The molecule has 0 radical (unpaired) electrons. The lowest BCUT2D eigenvalue weighted by atomic mass is 10.0. The van der Waals surface area contributed by atoms with E-state index in [4.69, 9.17) is 9.47 Å². The lowest BCUT2D eigenvalue weighted by Crippen LogP contribution is -2.48. The number of hydrogen-bond donors (Lipinski definition) is 1. The van der Waals surface area contributed by atoms with Crippen molar-refractivity contribution >= 4 is 17.2 Å². The fourth-order valence-corrected chi connectivity index (χ4v) is 5.28. The number of thiophene rings is 1. The van der Waals surface area contributed by atoms with Gasteiger partial charge in [-0.15, -0.1) is 17.9 Å². The molecule has 1 aromatic carbocycles. The number of aliphatic hydroxyl groups excluding tert-OH is 1. The largest absolute Gasteiger partial charge is 0.491 e. The average molecular weight is 471 g/mol. The highest BCUT2D eigenvalue weighted by Gasteiger charge is 2.34. The van der Waals surface area contributed by atoms with Gasteiger partial charge >= 0.3 is 0 Å². The molecule has 7 heteroatoms. The molecule has 178 valence electrons.